The van der Waals surface area contributed by atoms with E-state index in [0.717, 1.165) is 19.3 Å². The van der Waals surface area contributed by atoms with Crippen molar-refractivity contribution < 1.29 is 9.52 Å². The van der Waals surface area contributed by atoms with Crippen LogP contribution in [-0.4, -0.2) is 5.11 Å². The fourth-order valence-corrected chi connectivity index (χ4v) is 1.66. The molecular formula is C11H17ClO2. The highest BCUT2D eigenvalue weighted by molar-refractivity contribution is 6.29. The number of hydrogen-bond donors (Lipinski definition) is 1. The Hall–Kier alpha value is -0.470. The maximum Gasteiger partial charge on any atom is 0.198 e. The van der Waals surface area contributed by atoms with Crippen LogP contribution >= 0.6 is 11.6 Å². The Morgan fingerprint density at radius 3 is 2.64 bits per heavy atom. The summed E-state index contributed by atoms with van der Waals surface area (Å²) in [6.07, 6.45) is 3.91. The van der Waals surface area contributed by atoms with E-state index in [0.29, 0.717) is 16.7 Å². The topological polar surface area (TPSA) is 33.4 Å². The molecule has 0 spiro atoms. The van der Waals surface area contributed by atoms with E-state index in [1.54, 1.807) is 6.07 Å². The molecule has 1 unspecified atom stereocenters. The number of hydrogen-bond acceptors (Lipinski definition) is 2. The van der Waals surface area contributed by atoms with E-state index < -0.39 is 6.10 Å². The van der Waals surface area contributed by atoms with E-state index in [-0.39, 0.29) is 0 Å². The number of furan rings is 1. The van der Waals surface area contributed by atoms with E-state index >= 15 is 0 Å². The minimum atomic E-state index is -0.486. The van der Waals surface area contributed by atoms with Crippen molar-refractivity contribution in [1.29, 1.82) is 0 Å². The van der Waals surface area contributed by atoms with Gasteiger partial charge in [0.2, 0.25) is 0 Å². The van der Waals surface area contributed by atoms with Crippen LogP contribution in [-0.2, 0) is 0 Å². The Labute approximate surface area is 89.9 Å². The standard InChI is InChI=1S/C11H17ClO2/c1-8(2)4-3-5-10(13)9-6-7-14-11(9)12/h6-8,10,13H,3-5H2,1-2H3. The molecule has 1 aromatic heterocycles. The summed E-state index contributed by atoms with van der Waals surface area (Å²) in [5, 5.41) is 10.1. The third-order valence-electron chi connectivity index (χ3n) is 2.26. The van der Waals surface area contributed by atoms with Crippen LogP contribution in [0.25, 0.3) is 0 Å². The molecule has 0 aromatic carbocycles. The van der Waals surface area contributed by atoms with Gasteiger partial charge in [0.1, 0.15) is 0 Å². The Morgan fingerprint density at radius 2 is 2.14 bits per heavy atom. The Kier molecular flexibility index (Phi) is 4.49. The number of halogens is 1. The van der Waals surface area contributed by atoms with Gasteiger partial charge in [0.05, 0.1) is 12.4 Å². The molecule has 80 valence electrons. The van der Waals surface area contributed by atoms with Gasteiger partial charge in [0.25, 0.3) is 0 Å². The highest BCUT2D eigenvalue weighted by Crippen LogP contribution is 2.27. The smallest absolute Gasteiger partial charge is 0.198 e. The van der Waals surface area contributed by atoms with Gasteiger partial charge < -0.3 is 9.52 Å². The Bertz CT molecular complexity index is 268. The summed E-state index contributed by atoms with van der Waals surface area (Å²) in [5.41, 5.74) is 0.704. The first kappa shape index (κ1) is 11.6. The normalized spacial score (nSPS) is 13.5. The van der Waals surface area contributed by atoms with Crippen molar-refractivity contribution in [2.75, 3.05) is 0 Å². The Morgan fingerprint density at radius 1 is 1.43 bits per heavy atom. The van der Waals surface area contributed by atoms with E-state index in [9.17, 15) is 5.11 Å². The average molecular weight is 217 g/mol. The van der Waals surface area contributed by atoms with Crippen LogP contribution in [0.15, 0.2) is 16.7 Å². The molecule has 3 heteroatoms. The van der Waals surface area contributed by atoms with E-state index in [2.05, 4.69) is 13.8 Å². The molecule has 2 nitrogen and oxygen atoms in total. The highest BCUT2D eigenvalue weighted by atomic mass is 35.5. The molecule has 1 aromatic rings. The lowest BCUT2D eigenvalue weighted by Crippen LogP contribution is -1.97. The summed E-state index contributed by atoms with van der Waals surface area (Å²) in [6.45, 7) is 4.36. The zero-order chi connectivity index (χ0) is 10.6. The fraction of sp³-hybridized carbons (Fsp3) is 0.636. The van der Waals surface area contributed by atoms with Gasteiger partial charge in [0.15, 0.2) is 5.22 Å². The minimum Gasteiger partial charge on any atom is -0.453 e. The summed E-state index contributed by atoms with van der Waals surface area (Å²) < 4.78 is 4.92. The Balaban J connectivity index is 2.36. The largest absolute Gasteiger partial charge is 0.453 e. The molecule has 1 N–H and O–H groups in total. The van der Waals surface area contributed by atoms with Crippen LogP contribution < -0.4 is 0 Å². The maximum atomic E-state index is 9.76. The van der Waals surface area contributed by atoms with Crippen LogP contribution in [0.1, 0.15) is 44.8 Å². The van der Waals surface area contributed by atoms with Crippen molar-refractivity contribution in [3.05, 3.63) is 23.1 Å². The number of rotatable bonds is 5. The van der Waals surface area contributed by atoms with E-state index in [1.165, 1.54) is 6.26 Å². The van der Waals surface area contributed by atoms with Crippen molar-refractivity contribution in [2.24, 2.45) is 5.92 Å². The van der Waals surface area contributed by atoms with Crippen LogP contribution in [0.4, 0.5) is 0 Å². The third-order valence-corrected chi connectivity index (χ3v) is 2.57. The molecule has 1 rings (SSSR count). The maximum absolute atomic E-state index is 9.76. The van der Waals surface area contributed by atoms with Gasteiger partial charge in [-0.15, -0.1) is 0 Å². The van der Waals surface area contributed by atoms with E-state index in [4.69, 9.17) is 16.0 Å². The zero-order valence-corrected chi connectivity index (χ0v) is 9.42. The quantitative estimate of drug-likeness (QED) is 0.813. The fourth-order valence-electron chi connectivity index (χ4n) is 1.42. The molecule has 0 radical (unpaired) electrons. The molecular weight excluding hydrogens is 200 g/mol. The van der Waals surface area contributed by atoms with Crippen LogP contribution in [0.2, 0.25) is 5.22 Å². The number of aliphatic hydroxyl groups is 1. The molecule has 0 bridgehead atoms. The minimum absolute atomic E-state index is 0.307. The predicted molar refractivity (Wildman–Crippen MR) is 57.4 cm³/mol. The lowest BCUT2D eigenvalue weighted by Gasteiger charge is -2.09. The second kappa shape index (κ2) is 5.42. The van der Waals surface area contributed by atoms with Gasteiger partial charge in [-0.25, -0.2) is 0 Å². The second-order valence-corrected chi connectivity index (χ2v) is 4.33. The molecule has 0 aliphatic carbocycles. The monoisotopic (exact) mass is 216 g/mol. The predicted octanol–water partition coefficient (Wildman–Crippen LogP) is 3.79. The van der Waals surface area contributed by atoms with Crippen LogP contribution in [0.5, 0.6) is 0 Å². The molecule has 1 heterocycles. The zero-order valence-electron chi connectivity index (χ0n) is 8.66. The van der Waals surface area contributed by atoms with Gasteiger partial charge in [-0.05, 0) is 30.0 Å². The van der Waals surface area contributed by atoms with Crippen LogP contribution in [0, 0.1) is 5.92 Å². The molecule has 0 aliphatic heterocycles. The van der Waals surface area contributed by atoms with Crippen molar-refractivity contribution >= 4 is 11.6 Å². The molecule has 0 amide bonds. The summed E-state index contributed by atoms with van der Waals surface area (Å²) in [5.74, 6) is 0.682. The van der Waals surface area contributed by atoms with Crippen molar-refractivity contribution in [2.45, 2.75) is 39.2 Å². The summed E-state index contributed by atoms with van der Waals surface area (Å²) in [7, 11) is 0. The molecule has 0 aliphatic rings. The van der Waals surface area contributed by atoms with Crippen LogP contribution in [0.3, 0.4) is 0 Å². The SMILES string of the molecule is CC(C)CCCC(O)c1ccoc1Cl. The summed E-state index contributed by atoms with van der Waals surface area (Å²) >= 11 is 5.75. The summed E-state index contributed by atoms with van der Waals surface area (Å²) in [4.78, 5) is 0. The first-order chi connectivity index (χ1) is 6.61. The molecule has 0 saturated carbocycles. The van der Waals surface area contributed by atoms with Crippen molar-refractivity contribution in [3.63, 3.8) is 0 Å². The number of aliphatic hydroxyl groups excluding tert-OH is 1. The second-order valence-electron chi connectivity index (χ2n) is 3.99. The highest BCUT2D eigenvalue weighted by Gasteiger charge is 2.13. The van der Waals surface area contributed by atoms with E-state index in [1.807, 2.05) is 0 Å². The summed E-state index contributed by atoms with van der Waals surface area (Å²) in [6, 6.07) is 1.72. The van der Waals surface area contributed by atoms with Gasteiger partial charge in [-0.2, -0.15) is 0 Å². The first-order valence-corrected chi connectivity index (χ1v) is 5.40. The molecule has 14 heavy (non-hydrogen) atoms. The van der Waals surface area contributed by atoms with Gasteiger partial charge in [-0.1, -0.05) is 26.7 Å². The van der Waals surface area contributed by atoms with Gasteiger partial charge >= 0.3 is 0 Å². The first-order valence-electron chi connectivity index (χ1n) is 5.02. The average Bonchev–Trinajstić information content (AvgIpc) is 2.50. The molecule has 1 atom stereocenters. The van der Waals surface area contributed by atoms with Crippen molar-refractivity contribution in [3.8, 4) is 0 Å². The van der Waals surface area contributed by atoms with Gasteiger partial charge in [-0.3, -0.25) is 0 Å². The molecule has 0 fully saturated rings. The van der Waals surface area contributed by atoms with Gasteiger partial charge in [0, 0.05) is 5.56 Å². The lowest BCUT2D eigenvalue weighted by molar-refractivity contribution is 0.161. The molecule has 0 saturated heterocycles. The third kappa shape index (κ3) is 3.35. The lowest BCUT2D eigenvalue weighted by atomic mass is 10.0. The van der Waals surface area contributed by atoms with Crippen molar-refractivity contribution in [1.82, 2.24) is 0 Å².